The van der Waals surface area contributed by atoms with Gasteiger partial charge in [-0.15, -0.1) is 0 Å². The van der Waals surface area contributed by atoms with Gasteiger partial charge in [-0.05, 0) is 6.55 Å². The lowest BCUT2D eigenvalue weighted by molar-refractivity contribution is 0.214. The van der Waals surface area contributed by atoms with E-state index in [4.69, 9.17) is 0 Å². The molecule has 0 aromatic heterocycles. The Labute approximate surface area is 57.9 Å². The van der Waals surface area contributed by atoms with Crippen molar-refractivity contribution in [3.05, 3.63) is 0 Å². The molecule has 62 valence electrons. The Bertz CT molecular complexity index is 190. The van der Waals surface area contributed by atoms with Crippen LogP contribution in [0.25, 0.3) is 0 Å². The highest BCUT2D eigenvalue weighted by Crippen LogP contribution is 2.05. The molecule has 0 fully saturated rings. The van der Waals surface area contributed by atoms with Crippen molar-refractivity contribution in [2.24, 2.45) is 0 Å². The van der Waals surface area contributed by atoms with Gasteiger partial charge in [-0.1, -0.05) is 3.89 Å². The number of alkyl halides is 2. The third-order valence-corrected chi connectivity index (χ3v) is 3.46. The first-order chi connectivity index (χ1) is 4.33. The Kier molecular flexibility index (Phi) is 3.32. The van der Waals surface area contributed by atoms with Crippen LogP contribution in [-0.2, 0) is 14.4 Å². The number of rotatable bonds is 3. The lowest BCUT2D eigenvalue weighted by atomic mass is 11.7. The van der Waals surface area contributed by atoms with Crippen LogP contribution in [0.2, 0.25) is 6.55 Å². The third-order valence-electron chi connectivity index (χ3n) is 0.622. The second kappa shape index (κ2) is 3.35. The monoisotopic (exact) mass is 194 g/mol. The molecular formula is C2H5F3O3SSi. The Balaban J connectivity index is 3.93. The van der Waals surface area contributed by atoms with Crippen LogP contribution >= 0.6 is 0 Å². The summed E-state index contributed by atoms with van der Waals surface area (Å²) in [5.41, 5.74) is 0. The highest BCUT2D eigenvalue weighted by Gasteiger charge is 2.24. The Morgan fingerprint density at radius 1 is 1.50 bits per heavy atom. The van der Waals surface area contributed by atoms with Crippen LogP contribution < -0.4 is 0 Å². The van der Waals surface area contributed by atoms with Crippen LogP contribution in [0.1, 0.15) is 0 Å². The summed E-state index contributed by atoms with van der Waals surface area (Å²) in [4.78, 5) is 0. The van der Waals surface area contributed by atoms with Gasteiger partial charge in [-0.2, -0.15) is 8.42 Å². The predicted molar refractivity (Wildman–Crippen MR) is 30.1 cm³/mol. The van der Waals surface area contributed by atoms with Crippen molar-refractivity contribution >= 4 is 19.5 Å². The largest absolute Gasteiger partial charge is 0.427 e. The summed E-state index contributed by atoms with van der Waals surface area (Å²) in [6, 6.07) is -2.87. The van der Waals surface area contributed by atoms with E-state index in [9.17, 15) is 21.1 Å². The van der Waals surface area contributed by atoms with E-state index >= 15 is 0 Å². The molecule has 0 bridgehead atoms. The number of hydrogen-bond acceptors (Lipinski definition) is 3. The summed E-state index contributed by atoms with van der Waals surface area (Å²) in [6.07, 6.45) is 0. The summed E-state index contributed by atoms with van der Waals surface area (Å²) in [5, 5.41) is 0. The van der Waals surface area contributed by atoms with E-state index in [-0.39, 0.29) is 0 Å². The van der Waals surface area contributed by atoms with Crippen LogP contribution in [0.5, 0.6) is 0 Å². The van der Waals surface area contributed by atoms with Crippen LogP contribution in [0.3, 0.4) is 0 Å². The molecule has 3 nitrogen and oxygen atoms in total. The van der Waals surface area contributed by atoms with Crippen LogP contribution in [0, 0.1) is 0 Å². The molecule has 0 aliphatic heterocycles. The standard InChI is InChI=1S/C2H5F3O3SSi/c1-10(2(3)4)8-9(5,6)7/h2,10H,1H3. The molecule has 0 aliphatic rings. The first-order valence-electron chi connectivity index (χ1n) is 2.24. The molecule has 0 aliphatic carbocycles. The molecule has 1 atom stereocenters. The maximum atomic E-state index is 11.5. The van der Waals surface area contributed by atoms with E-state index < -0.39 is 25.6 Å². The molecule has 0 spiro atoms. The SMILES string of the molecule is C[SiH](OS(=O)(=O)F)C(F)F. The lowest BCUT2D eigenvalue weighted by Gasteiger charge is -2.03. The molecule has 0 amide bonds. The molecule has 0 heterocycles. The highest BCUT2D eigenvalue weighted by atomic mass is 32.3. The minimum Gasteiger partial charge on any atom is -0.288 e. The number of halogens is 3. The molecule has 1 unspecified atom stereocenters. The third kappa shape index (κ3) is 4.76. The Morgan fingerprint density at radius 3 is 2.00 bits per heavy atom. The Morgan fingerprint density at radius 2 is 1.90 bits per heavy atom. The van der Waals surface area contributed by atoms with Crippen molar-refractivity contribution in [3.63, 3.8) is 0 Å². The first-order valence-corrected chi connectivity index (χ1v) is 5.84. The quantitative estimate of drug-likeness (QED) is 0.481. The molecule has 0 aromatic rings. The Hall–Kier alpha value is -0.0831. The summed E-state index contributed by atoms with van der Waals surface area (Å²) in [5.74, 6) is 0. The fourth-order valence-electron chi connectivity index (χ4n) is 0.223. The minimum absolute atomic E-state index is 0.891. The second-order valence-electron chi connectivity index (χ2n) is 1.53. The zero-order valence-corrected chi connectivity index (χ0v) is 6.89. The van der Waals surface area contributed by atoms with E-state index in [2.05, 4.69) is 3.87 Å². The van der Waals surface area contributed by atoms with Gasteiger partial charge in [0.05, 0.1) is 0 Å². The van der Waals surface area contributed by atoms with Gasteiger partial charge < -0.3 is 0 Å². The van der Waals surface area contributed by atoms with Gasteiger partial charge in [0.15, 0.2) is 0 Å². The second-order valence-corrected chi connectivity index (χ2v) is 5.00. The summed E-state index contributed by atoms with van der Waals surface area (Å²) in [7, 11) is -8.38. The van der Waals surface area contributed by atoms with E-state index in [0.717, 1.165) is 6.55 Å². The van der Waals surface area contributed by atoms with Crippen molar-refractivity contribution in [2.75, 3.05) is 0 Å². The normalized spacial score (nSPS) is 15.7. The summed E-state index contributed by atoms with van der Waals surface area (Å²) >= 11 is 0. The van der Waals surface area contributed by atoms with E-state index in [1.54, 1.807) is 0 Å². The zero-order valence-electron chi connectivity index (χ0n) is 4.92. The van der Waals surface area contributed by atoms with Crippen molar-refractivity contribution in [1.82, 2.24) is 0 Å². The highest BCUT2D eigenvalue weighted by molar-refractivity contribution is 7.82. The minimum atomic E-state index is -5.19. The van der Waals surface area contributed by atoms with Gasteiger partial charge >= 0.3 is 10.5 Å². The van der Waals surface area contributed by atoms with Gasteiger partial charge in [0.1, 0.15) is 0 Å². The maximum Gasteiger partial charge on any atom is 0.427 e. The molecule has 0 saturated heterocycles. The first kappa shape index (κ1) is 9.92. The molecule has 10 heavy (non-hydrogen) atoms. The maximum absolute atomic E-state index is 11.5. The van der Waals surface area contributed by atoms with Crippen molar-refractivity contribution in [3.8, 4) is 0 Å². The molecule has 0 saturated carbocycles. The molecular weight excluding hydrogens is 189 g/mol. The smallest absolute Gasteiger partial charge is 0.288 e. The fraction of sp³-hybridized carbons (Fsp3) is 1.00. The van der Waals surface area contributed by atoms with Crippen molar-refractivity contribution in [2.45, 2.75) is 12.6 Å². The van der Waals surface area contributed by atoms with E-state index in [1.165, 1.54) is 0 Å². The van der Waals surface area contributed by atoms with Crippen molar-refractivity contribution in [1.29, 1.82) is 0 Å². The van der Waals surface area contributed by atoms with Crippen LogP contribution in [-0.4, -0.2) is 23.5 Å². The van der Waals surface area contributed by atoms with Crippen LogP contribution in [0.15, 0.2) is 0 Å². The van der Waals surface area contributed by atoms with Gasteiger partial charge in [0.25, 0.3) is 9.04 Å². The van der Waals surface area contributed by atoms with Crippen molar-refractivity contribution < 1.29 is 25.0 Å². The predicted octanol–water partition coefficient (Wildman–Crippen LogP) is 0.375. The van der Waals surface area contributed by atoms with Gasteiger partial charge in [-0.25, -0.2) is 8.78 Å². The summed E-state index contributed by atoms with van der Waals surface area (Å²) in [6.45, 7) is 0.891. The van der Waals surface area contributed by atoms with Crippen LogP contribution in [0.4, 0.5) is 12.7 Å². The van der Waals surface area contributed by atoms with Gasteiger partial charge in [-0.3, -0.25) is 3.87 Å². The molecule has 0 N–H and O–H groups in total. The number of hydrogen-bond donors (Lipinski definition) is 0. The molecule has 0 radical (unpaired) electrons. The lowest BCUT2D eigenvalue weighted by Crippen LogP contribution is -2.25. The average Bonchev–Trinajstić information content (AvgIpc) is 1.60. The summed E-state index contributed by atoms with van der Waals surface area (Å²) < 4.78 is 56.9. The van der Waals surface area contributed by atoms with E-state index in [1.807, 2.05) is 0 Å². The zero-order chi connectivity index (χ0) is 8.36. The van der Waals surface area contributed by atoms with Gasteiger partial charge in [0, 0.05) is 0 Å². The topological polar surface area (TPSA) is 43.4 Å². The average molecular weight is 194 g/mol. The molecule has 8 heteroatoms. The molecule has 0 aromatic carbocycles. The van der Waals surface area contributed by atoms with Gasteiger partial charge in [0.2, 0.25) is 6.05 Å². The fourth-order valence-corrected chi connectivity index (χ4v) is 2.01. The molecule has 0 rings (SSSR count). The van der Waals surface area contributed by atoms with E-state index in [0.29, 0.717) is 0 Å².